The number of rotatable bonds is 4. The van der Waals surface area contributed by atoms with Gasteiger partial charge < -0.3 is 5.32 Å². The van der Waals surface area contributed by atoms with Crippen molar-refractivity contribution < 1.29 is 22.4 Å². The van der Waals surface area contributed by atoms with E-state index in [2.05, 4.69) is 15.5 Å². The van der Waals surface area contributed by atoms with E-state index in [1.807, 2.05) is 0 Å². The van der Waals surface area contributed by atoms with Crippen LogP contribution in [0.25, 0.3) is 11.4 Å². The molecule has 33 heavy (non-hydrogen) atoms. The van der Waals surface area contributed by atoms with Gasteiger partial charge in [0.15, 0.2) is 5.69 Å². The van der Waals surface area contributed by atoms with Gasteiger partial charge in [-0.2, -0.15) is 23.4 Å². The summed E-state index contributed by atoms with van der Waals surface area (Å²) in [7, 11) is 0. The fourth-order valence-electron chi connectivity index (χ4n) is 3.18. The Labute approximate surface area is 183 Å². The van der Waals surface area contributed by atoms with Crippen molar-refractivity contribution in [2.45, 2.75) is 13.1 Å². The van der Waals surface area contributed by atoms with Crippen LogP contribution in [0.5, 0.6) is 0 Å². The average Bonchev–Trinajstić information content (AvgIpc) is 3.28. The molecule has 0 fully saturated rings. The number of carbonyl (C=O) groups is 1. The van der Waals surface area contributed by atoms with E-state index in [0.717, 1.165) is 28.9 Å². The maximum atomic E-state index is 14.2. The van der Waals surface area contributed by atoms with E-state index >= 15 is 0 Å². The van der Waals surface area contributed by atoms with Crippen molar-refractivity contribution in [2.24, 2.45) is 0 Å². The number of anilines is 1. The fourth-order valence-corrected chi connectivity index (χ4v) is 3.18. The van der Waals surface area contributed by atoms with Crippen LogP contribution >= 0.6 is 0 Å². The second-order valence-corrected chi connectivity index (χ2v) is 7.00. The highest BCUT2D eigenvalue weighted by atomic mass is 19.4. The molecule has 4 aromatic rings. The molecule has 11 heteroatoms. The molecule has 4 rings (SSSR count). The van der Waals surface area contributed by atoms with Crippen LogP contribution in [0.4, 0.5) is 23.2 Å². The third-order valence-corrected chi connectivity index (χ3v) is 4.73. The van der Waals surface area contributed by atoms with Gasteiger partial charge in [-0.25, -0.2) is 13.8 Å². The largest absolute Gasteiger partial charge is 0.416 e. The van der Waals surface area contributed by atoms with Gasteiger partial charge in [0.25, 0.3) is 5.91 Å². The first-order chi connectivity index (χ1) is 15.6. The number of carbonyl (C=O) groups excluding carboxylic acids is 1. The lowest BCUT2D eigenvalue weighted by atomic mass is 10.1. The van der Waals surface area contributed by atoms with Crippen LogP contribution in [0.2, 0.25) is 0 Å². The van der Waals surface area contributed by atoms with E-state index in [4.69, 9.17) is 0 Å². The molecule has 2 aromatic heterocycles. The number of hydrogen-bond acceptors (Lipinski definition) is 4. The molecule has 0 aliphatic rings. The number of hydrogen-bond donors (Lipinski definition) is 1. The Hall–Kier alpha value is -4.28. The predicted molar refractivity (Wildman–Crippen MR) is 111 cm³/mol. The molecule has 2 aromatic carbocycles. The predicted octanol–water partition coefficient (Wildman–Crippen LogP) is 4.14. The summed E-state index contributed by atoms with van der Waals surface area (Å²) in [6.45, 7) is 1.51. The lowest BCUT2D eigenvalue weighted by Crippen LogP contribution is -2.27. The first-order valence-electron chi connectivity index (χ1n) is 9.53. The van der Waals surface area contributed by atoms with Crippen LogP contribution < -0.4 is 10.7 Å². The summed E-state index contributed by atoms with van der Waals surface area (Å²) < 4.78 is 56.3. The van der Waals surface area contributed by atoms with Crippen molar-refractivity contribution in [1.82, 2.24) is 19.6 Å². The van der Waals surface area contributed by atoms with E-state index in [0.29, 0.717) is 0 Å². The van der Waals surface area contributed by atoms with Crippen molar-refractivity contribution in [1.29, 1.82) is 0 Å². The van der Waals surface area contributed by atoms with Crippen molar-refractivity contribution in [3.05, 3.63) is 100.0 Å². The van der Waals surface area contributed by atoms with E-state index in [1.54, 1.807) is 12.1 Å². The van der Waals surface area contributed by atoms with E-state index in [9.17, 15) is 27.2 Å². The van der Waals surface area contributed by atoms with Crippen LogP contribution in [-0.2, 0) is 6.18 Å². The molecule has 0 atom stereocenters. The van der Waals surface area contributed by atoms with Gasteiger partial charge in [-0.05, 0) is 43.3 Å². The number of nitrogens with one attached hydrogen (secondary N) is 1. The van der Waals surface area contributed by atoms with Gasteiger partial charge in [0.1, 0.15) is 11.5 Å². The van der Waals surface area contributed by atoms with Gasteiger partial charge >= 0.3 is 6.18 Å². The van der Waals surface area contributed by atoms with Crippen LogP contribution in [0.1, 0.15) is 21.7 Å². The second-order valence-electron chi connectivity index (χ2n) is 7.00. The van der Waals surface area contributed by atoms with Gasteiger partial charge in [-0.15, -0.1) is 0 Å². The Balaban J connectivity index is 1.78. The van der Waals surface area contributed by atoms with Gasteiger partial charge in [0, 0.05) is 24.2 Å². The highest BCUT2D eigenvalue weighted by Gasteiger charge is 2.31. The first kappa shape index (κ1) is 21.9. The summed E-state index contributed by atoms with van der Waals surface area (Å²) >= 11 is 0. The number of para-hydroxylation sites is 1. The van der Waals surface area contributed by atoms with Crippen molar-refractivity contribution >= 4 is 11.6 Å². The molecule has 0 aliphatic carbocycles. The fraction of sp³-hybridized carbons (Fsp3) is 0.0909. The number of halogens is 4. The normalized spacial score (nSPS) is 11.4. The summed E-state index contributed by atoms with van der Waals surface area (Å²) in [5.41, 5.74) is -2.23. The van der Waals surface area contributed by atoms with Gasteiger partial charge in [0.05, 0.1) is 16.9 Å². The molecular formula is C22H15F4N5O2. The minimum atomic E-state index is -4.66. The van der Waals surface area contributed by atoms with Crippen LogP contribution in [-0.4, -0.2) is 25.5 Å². The molecule has 168 valence electrons. The van der Waals surface area contributed by atoms with Crippen molar-refractivity contribution in [3.63, 3.8) is 0 Å². The van der Waals surface area contributed by atoms with Crippen molar-refractivity contribution in [2.75, 3.05) is 5.32 Å². The molecule has 1 N–H and O–H groups in total. The Bertz CT molecular complexity index is 1390. The monoisotopic (exact) mass is 457 g/mol. The molecule has 7 nitrogen and oxygen atoms in total. The summed E-state index contributed by atoms with van der Waals surface area (Å²) in [5, 5.41) is 10.3. The zero-order chi connectivity index (χ0) is 23.8. The second kappa shape index (κ2) is 8.34. The molecular weight excluding hydrogens is 442 g/mol. The minimum Gasteiger partial charge on any atom is -0.319 e. The van der Waals surface area contributed by atoms with Gasteiger partial charge in [-0.3, -0.25) is 9.59 Å². The molecule has 0 bridgehead atoms. The number of nitrogens with zero attached hydrogens (tertiary/aromatic N) is 4. The third kappa shape index (κ3) is 4.38. The van der Waals surface area contributed by atoms with Gasteiger partial charge in [0.2, 0.25) is 5.43 Å². The maximum Gasteiger partial charge on any atom is 0.416 e. The van der Waals surface area contributed by atoms with E-state index < -0.39 is 34.6 Å². The molecule has 0 saturated heterocycles. The average molecular weight is 457 g/mol. The van der Waals surface area contributed by atoms with E-state index in [-0.39, 0.29) is 22.8 Å². The molecule has 0 unspecified atom stereocenters. The highest BCUT2D eigenvalue weighted by molar-refractivity contribution is 6.03. The molecule has 2 heterocycles. The molecule has 0 saturated carbocycles. The standard InChI is InChI=1S/C22H15F4N5O2/c1-13-11-19(32)20(29-31(13)17-6-3-2-5-15(17)23)21(33)28-16-12-14(22(24,25)26)7-8-18(16)30-10-4-9-27-30/h2-12H,1H3,(H,28,33). The van der Waals surface area contributed by atoms with Crippen molar-refractivity contribution in [3.8, 4) is 11.4 Å². The smallest absolute Gasteiger partial charge is 0.319 e. The van der Waals surface area contributed by atoms with Crippen LogP contribution in [0, 0.1) is 12.7 Å². The summed E-state index contributed by atoms with van der Waals surface area (Å²) in [5.74, 6) is -1.69. The number of amides is 1. The number of aromatic nitrogens is 4. The summed E-state index contributed by atoms with van der Waals surface area (Å²) in [6, 6.07) is 11.0. The topological polar surface area (TPSA) is 81.8 Å². The van der Waals surface area contributed by atoms with Crippen LogP contribution in [0.3, 0.4) is 0 Å². The minimum absolute atomic E-state index is 0.000323. The lowest BCUT2D eigenvalue weighted by Gasteiger charge is -2.15. The maximum absolute atomic E-state index is 14.2. The Kier molecular flexibility index (Phi) is 5.54. The van der Waals surface area contributed by atoms with Crippen LogP contribution in [0.15, 0.2) is 71.8 Å². The van der Waals surface area contributed by atoms with E-state index in [1.165, 1.54) is 42.2 Å². The lowest BCUT2D eigenvalue weighted by molar-refractivity contribution is -0.137. The highest BCUT2D eigenvalue weighted by Crippen LogP contribution is 2.33. The zero-order valence-electron chi connectivity index (χ0n) is 17.0. The number of aryl methyl sites for hydroxylation is 1. The summed E-state index contributed by atoms with van der Waals surface area (Å²) in [6.07, 6.45) is -1.77. The first-order valence-corrected chi connectivity index (χ1v) is 9.53. The Morgan fingerprint density at radius 3 is 2.45 bits per heavy atom. The quantitative estimate of drug-likeness (QED) is 0.467. The SMILES string of the molecule is Cc1cc(=O)c(C(=O)Nc2cc(C(F)(F)F)ccc2-n2cccn2)nn1-c1ccccc1F. The Morgan fingerprint density at radius 1 is 1.03 bits per heavy atom. The Morgan fingerprint density at radius 2 is 1.79 bits per heavy atom. The zero-order valence-corrected chi connectivity index (χ0v) is 17.0. The number of benzene rings is 2. The molecule has 0 radical (unpaired) electrons. The molecule has 0 spiro atoms. The third-order valence-electron chi connectivity index (χ3n) is 4.73. The molecule has 0 aliphatic heterocycles. The van der Waals surface area contributed by atoms with Gasteiger partial charge in [-0.1, -0.05) is 12.1 Å². The molecule has 1 amide bonds. The summed E-state index contributed by atoms with van der Waals surface area (Å²) in [4.78, 5) is 25.4. The number of alkyl halides is 3.